The van der Waals surface area contributed by atoms with Crippen LogP contribution in [0.4, 0.5) is 4.79 Å². The molecule has 22 heavy (non-hydrogen) atoms. The molecule has 1 aliphatic rings. The fourth-order valence-electron chi connectivity index (χ4n) is 2.77. The molecule has 1 unspecified atom stereocenters. The first kappa shape index (κ1) is 16.5. The number of aryl methyl sites for hydroxylation is 2. The Balaban J connectivity index is 1.91. The van der Waals surface area contributed by atoms with Crippen LogP contribution in [0, 0.1) is 13.8 Å². The lowest BCUT2D eigenvalue weighted by molar-refractivity contribution is 0.111. The first-order valence-electron chi connectivity index (χ1n) is 7.77. The van der Waals surface area contributed by atoms with Gasteiger partial charge in [-0.3, -0.25) is 4.68 Å². The third kappa shape index (κ3) is 3.85. The van der Waals surface area contributed by atoms with Gasteiger partial charge in [0.2, 0.25) is 0 Å². The van der Waals surface area contributed by atoms with Gasteiger partial charge in [0.05, 0.1) is 17.5 Å². The van der Waals surface area contributed by atoms with Crippen LogP contribution in [0.25, 0.3) is 0 Å². The Morgan fingerprint density at radius 3 is 2.86 bits per heavy atom. The summed E-state index contributed by atoms with van der Waals surface area (Å²) in [6.07, 6.45) is 2.19. The molecule has 2 rings (SSSR count). The molecular weight excluding hydrogens is 282 g/mol. The van der Waals surface area contributed by atoms with Gasteiger partial charge >= 0.3 is 6.03 Å². The Kier molecular flexibility index (Phi) is 5.54. The van der Waals surface area contributed by atoms with Crippen LogP contribution in [0.1, 0.15) is 43.6 Å². The second-order valence-corrected chi connectivity index (χ2v) is 5.52. The van der Waals surface area contributed by atoms with Gasteiger partial charge < -0.3 is 10.1 Å². The van der Waals surface area contributed by atoms with Crippen LogP contribution in [-0.4, -0.2) is 40.8 Å². The van der Waals surface area contributed by atoms with Gasteiger partial charge in [-0.15, -0.1) is 0 Å². The summed E-state index contributed by atoms with van der Waals surface area (Å²) in [6.45, 7) is 10.00. The molecule has 2 amide bonds. The van der Waals surface area contributed by atoms with Crippen molar-refractivity contribution in [3.63, 3.8) is 0 Å². The third-order valence-corrected chi connectivity index (χ3v) is 3.88. The predicted molar refractivity (Wildman–Crippen MR) is 85.1 cm³/mol. The van der Waals surface area contributed by atoms with Crippen molar-refractivity contribution in [3.8, 4) is 0 Å². The molecule has 0 spiro atoms. The summed E-state index contributed by atoms with van der Waals surface area (Å²) in [5.74, 6) is 0. The van der Waals surface area contributed by atoms with Crippen molar-refractivity contribution in [2.75, 3.05) is 13.2 Å². The lowest BCUT2D eigenvalue weighted by Gasteiger charge is -2.10. The average molecular weight is 307 g/mol. The number of hydrazone groups is 1. The molecule has 1 aliphatic heterocycles. The predicted octanol–water partition coefficient (Wildman–Crippen LogP) is 1.72. The smallest absolute Gasteiger partial charge is 0.335 e. The second-order valence-electron chi connectivity index (χ2n) is 5.52. The van der Waals surface area contributed by atoms with Crippen LogP contribution in [-0.2, 0) is 11.3 Å². The highest BCUT2D eigenvalue weighted by molar-refractivity contribution is 6.01. The number of nitrogens with zero attached hydrogens (tertiary/aromatic N) is 3. The topological polar surface area (TPSA) is 80.5 Å². The van der Waals surface area contributed by atoms with Crippen molar-refractivity contribution in [3.05, 3.63) is 17.0 Å². The van der Waals surface area contributed by atoms with Gasteiger partial charge in [-0.25, -0.2) is 10.2 Å². The standard InChI is InChI=1S/C15H25N5O2/c1-5-20-12(4)14(11(3)19-20)10(2)17-18-15(21)16-9-13-7-6-8-22-13/h13H,5-9H2,1-4H3,(H2,16,18,21). The molecule has 7 nitrogen and oxygen atoms in total. The molecule has 122 valence electrons. The summed E-state index contributed by atoms with van der Waals surface area (Å²) in [4.78, 5) is 11.8. The zero-order valence-corrected chi connectivity index (χ0v) is 13.8. The highest BCUT2D eigenvalue weighted by Crippen LogP contribution is 2.14. The minimum atomic E-state index is -0.312. The maximum absolute atomic E-state index is 11.8. The fourth-order valence-corrected chi connectivity index (χ4v) is 2.77. The summed E-state index contributed by atoms with van der Waals surface area (Å²) in [6, 6.07) is -0.312. The molecule has 1 fully saturated rings. The highest BCUT2D eigenvalue weighted by Gasteiger charge is 2.16. The van der Waals surface area contributed by atoms with Gasteiger partial charge in [0.1, 0.15) is 0 Å². The maximum atomic E-state index is 11.8. The van der Waals surface area contributed by atoms with E-state index in [2.05, 4.69) is 20.9 Å². The Morgan fingerprint density at radius 2 is 2.27 bits per heavy atom. The number of hydrogen-bond donors (Lipinski definition) is 2. The van der Waals surface area contributed by atoms with E-state index in [-0.39, 0.29) is 12.1 Å². The normalized spacial score (nSPS) is 18.5. The number of carbonyl (C=O) groups is 1. The largest absolute Gasteiger partial charge is 0.376 e. The van der Waals surface area contributed by atoms with Gasteiger partial charge in [-0.2, -0.15) is 10.2 Å². The molecule has 1 saturated heterocycles. The molecule has 0 aromatic carbocycles. The van der Waals surface area contributed by atoms with Crippen LogP contribution >= 0.6 is 0 Å². The minimum Gasteiger partial charge on any atom is -0.376 e. The van der Waals surface area contributed by atoms with E-state index < -0.39 is 0 Å². The van der Waals surface area contributed by atoms with Crippen LogP contribution in [0.5, 0.6) is 0 Å². The number of rotatable bonds is 5. The number of nitrogens with one attached hydrogen (secondary N) is 2. The number of amides is 2. The molecule has 1 atom stereocenters. The van der Waals surface area contributed by atoms with Crippen molar-refractivity contribution in [2.45, 2.75) is 53.2 Å². The number of hydrogen-bond acceptors (Lipinski definition) is 4. The van der Waals surface area contributed by atoms with Crippen molar-refractivity contribution in [1.29, 1.82) is 0 Å². The third-order valence-electron chi connectivity index (χ3n) is 3.88. The SMILES string of the molecule is CCn1nc(C)c(C(C)=NNC(=O)NCC2CCCO2)c1C. The fraction of sp³-hybridized carbons (Fsp3) is 0.667. The zero-order chi connectivity index (χ0) is 16.1. The van der Waals surface area contributed by atoms with Gasteiger partial charge in [-0.1, -0.05) is 0 Å². The van der Waals surface area contributed by atoms with Gasteiger partial charge in [0.15, 0.2) is 0 Å². The lowest BCUT2D eigenvalue weighted by Crippen LogP contribution is -2.37. The van der Waals surface area contributed by atoms with Crippen LogP contribution in [0.15, 0.2) is 5.10 Å². The van der Waals surface area contributed by atoms with E-state index in [1.165, 1.54) is 0 Å². The van der Waals surface area contributed by atoms with Crippen LogP contribution in [0.3, 0.4) is 0 Å². The number of carbonyl (C=O) groups excluding carboxylic acids is 1. The monoisotopic (exact) mass is 307 g/mol. The highest BCUT2D eigenvalue weighted by atomic mass is 16.5. The van der Waals surface area contributed by atoms with Crippen molar-refractivity contribution < 1.29 is 9.53 Å². The Bertz CT molecular complexity index is 559. The molecule has 2 heterocycles. The Labute approximate surface area is 131 Å². The van der Waals surface area contributed by atoms with E-state index in [0.717, 1.165) is 48.7 Å². The summed E-state index contributed by atoms with van der Waals surface area (Å²) in [7, 11) is 0. The molecule has 7 heteroatoms. The first-order chi connectivity index (χ1) is 10.5. The second kappa shape index (κ2) is 7.40. The number of ether oxygens (including phenoxy) is 1. The van der Waals surface area contributed by atoms with E-state index in [0.29, 0.717) is 6.54 Å². The summed E-state index contributed by atoms with van der Waals surface area (Å²) >= 11 is 0. The molecular formula is C15H25N5O2. The van der Waals surface area contributed by atoms with Gasteiger partial charge in [0, 0.05) is 31.0 Å². The van der Waals surface area contributed by atoms with E-state index in [1.54, 1.807) is 0 Å². The first-order valence-corrected chi connectivity index (χ1v) is 7.77. The van der Waals surface area contributed by atoms with E-state index in [4.69, 9.17) is 4.74 Å². The Morgan fingerprint density at radius 1 is 1.50 bits per heavy atom. The quantitative estimate of drug-likeness (QED) is 0.642. The average Bonchev–Trinajstić information content (AvgIpc) is 3.10. The number of aromatic nitrogens is 2. The zero-order valence-electron chi connectivity index (χ0n) is 13.8. The summed E-state index contributed by atoms with van der Waals surface area (Å²) in [5.41, 5.74) is 6.25. The Hall–Kier alpha value is -1.89. The number of urea groups is 1. The van der Waals surface area contributed by atoms with Crippen molar-refractivity contribution in [1.82, 2.24) is 20.5 Å². The maximum Gasteiger partial charge on any atom is 0.335 e. The molecule has 1 aromatic rings. The van der Waals surface area contributed by atoms with Crippen molar-refractivity contribution in [2.24, 2.45) is 5.10 Å². The lowest BCUT2D eigenvalue weighted by atomic mass is 10.1. The van der Waals surface area contributed by atoms with E-state index in [1.807, 2.05) is 32.4 Å². The molecule has 0 radical (unpaired) electrons. The van der Waals surface area contributed by atoms with Crippen LogP contribution < -0.4 is 10.7 Å². The van der Waals surface area contributed by atoms with E-state index >= 15 is 0 Å². The van der Waals surface area contributed by atoms with Crippen LogP contribution in [0.2, 0.25) is 0 Å². The van der Waals surface area contributed by atoms with E-state index in [9.17, 15) is 4.79 Å². The summed E-state index contributed by atoms with van der Waals surface area (Å²) < 4.78 is 7.39. The summed E-state index contributed by atoms with van der Waals surface area (Å²) in [5, 5.41) is 11.4. The molecule has 2 N–H and O–H groups in total. The molecule has 0 aliphatic carbocycles. The van der Waals surface area contributed by atoms with Crippen molar-refractivity contribution >= 4 is 11.7 Å². The molecule has 0 bridgehead atoms. The van der Waals surface area contributed by atoms with Gasteiger partial charge in [0.25, 0.3) is 0 Å². The molecule has 1 aromatic heterocycles. The van der Waals surface area contributed by atoms with Gasteiger partial charge in [-0.05, 0) is 40.5 Å². The minimum absolute atomic E-state index is 0.128. The molecule has 0 saturated carbocycles.